The topological polar surface area (TPSA) is 51.2 Å². The number of ether oxygens (including phenoxy) is 1. The molecule has 22 heavy (non-hydrogen) atoms. The van der Waals surface area contributed by atoms with E-state index in [0.717, 1.165) is 16.3 Å². The molecule has 6 heteroatoms. The molecule has 1 aromatic heterocycles. The van der Waals surface area contributed by atoms with Crippen LogP contribution in [0.5, 0.6) is 5.75 Å². The first-order chi connectivity index (χ1) is 10.7. The van der Waals surface area contributed by atoms with Gasteiger partial charge >= 0.3 is 0 Å². The number of anilines is 1. The number of benzene rings is 1. The van der Waals surface area contributed by atoms with Crippen LogP contribution in [0.1, 0.15) is 5.56 Å². The Hall–Kier alpha value is -1.72. The molecule has 1 N–H and O–H groups in total. The highest BCUT2D eigenvalue weighted by Gasteiger charge is 2.26. The Morgan fingerprint density at radius 2 is 2.27 bits per heavy atom. The van der Waals surface area contributed by atoms with Crippen LogP contribution in [0.25, 0.3) is 0 Å². The van der Waals surface area contributed by atoms with Crippen LogP contribution in [0.4, 0.5) is 5.69 Å². The monoisotopic (exact) mass is 334 g/mol. The van der Waals surface area contributed by atoms with Crippen LogP contribution in [0, 0.1) is 5.92 Å². The fourth-order valence-corrected chi connectivity index (χ4v) is 2.91. The zero-order valence-electron chi connectivity index (χ0n) is 12.0. The summed E-state index contributed by atoms with van der Waals surface area (Å²) in [5.41, 5.74) is 1.66. The Bertz CT molecular complexity index is 691. The third-order valence-electron chi connectivity index (χ3n) is 3.51. The highest BCUT2D eigenvalue weighted by atomic mass is 35.5. The minimum atomic E-state index is -0.230. The van der Waals surface area contributed by atoms with Crippen molar-refractivity contribution in [2.75, 3.05) is 18.2 Å². The Morgan fingerprint density at radius 3 is 3.00 bits per heavy atom. The number of carbonyl (C=O) groups excluding carboxylic acids is 1. The zero-order chi connectivity index (χ0) is 15.5. The first-order valence-corrected chi connectivity index (χ1v) is 8.48. The van der Waals surface area contributed by atoms with Gasteiger partial charge in [-0.05, 0) is 48.6 Å². The number of carbonyl (C=O) groups is 1. The standard InChI is InChI=1S/C16H15ClN2O2S/c1-22-15-5-3-13(8-18-15)19-16(20)11-6-10-7-12(17)2-4-14(10)21-9-11/h2-5,7-8,11H,6,9H2,1H3,(H,19,20). The summed E-state index contributed by atoms with van der Waals surface area (Å²) >= 11 is 7.56. The van der Waals surface area contributed by atoms with E-state index in [2.05, 4.69) is 10.3 Å². The lowest BCUT2D eigenvalue weighted by atomic mass is 9.96. The molecule has 0 aliphatic carbocycles. The largest absolute Gasteiger partial charge is 0.492 e. The summed E-state index contributed by atoms with van der Waals surface area (Å²) < 4.78 is 5.65. The van der Waals surface area contributed by atoms with Gasteiger partial charge in [0.25, 0.3) is 0 Å². The van der Waals surface area contributed by atoms with Crippen LogP contribution in [-0.2, 0) is 11.2 Å². The second-order valence-electron chi connectivity index (χ2n) is 5.04. The van der Waals surface area contributed by atoms with Gasteiger partial charge in [0.15, 0.2) is 0 Å². The van der Waals surface area contributed by atoms with Crippen LogP contribution in [-0.4, -0.2) is 23.8 Å². The average molecular weight is 335 g/mol. The van der Waals surface area contributed by atoms with Crippen molar-refractivity contribution in [1.29, 1.82) is 0 Å². The normalized spacial score (nSPS) is 16.5. The van der Waals surface area contributed by atoms with Crippen molar-refractivity contribution in [3.8, 4) is 5.75 Å². The summed E-state index contributed by atoms with van der Waals surface area (Å²) in [5.74, 6) is 0.509. The SMILES string of the molecule is CSc1ccc(NC(=O)C2COc3ccc(Cl)cc3C2)cn1. The fraction of sp³-hybridized carbons (Fsp3) is 0.250. The number of thioether (sulfide) groups is 1. The maximum atomic E-state index is 12.4. The second kappa shape index (κ2) is 6.58. The van der Waals surface area contributed by atoms with Crippen LogP contribution in [0.15, 0.2) is 41.6 Å². The first kappa shape index (κ1) is 15.2. The summed E-state index contributed by atoms with van der Waals surface area (Å²) in [6.07, 6.45) is 4.25. The van der Waals surface area contributed by atoms with Crippen molar-refractivity contribution in [2.45, 2.75) is 11.4 Å². The predicted molar refractivity (Wildman–Crippen MR) is 88.8 cm³/mol. The Kier molecular flexibility index (Phi) is 4.55. The Balaban J connectivity index is 1.68. The van der Waals surface area contributed by atoms with Crippen molar-refractivity contribution in [3.63, 3.8) is 0 Å². The summed E-state index contributed by atoms with van der Waals surface area (Å²) in [6.45, 7) is 0.372. The quantitative estimate of drug-likeness (QED) is 0.870. The van der Waals surface area contributed by atoms with Gasteiger partial charge in [0.2, 0.25) is 5.91 Å². The number of pyridine rings is 1. The molecule has 3 rings (SSSR count). The molecule has 2 heterocycles. The molecule has 114 valence electrons. The molecule has 1 aromatic carbocycles. The van der Waals surface area contributed by atoms with Crippen LogP contribution in [0.3, 0.4) is 0 Å². The van der Waals surface area contributed by atoms with Gasteiger partial charge in [0.1, 0.15) is 12.4 Å². The number of halogens is 1. The van der Waals surface area contributed by atoms with Crippen molar-refractivity contribution < 1.29 is 9.53 Å². The second-order valence-corrected chi connectivity index (χ2v) is 6.31. The zero-order valence-corrected chi connectivity index (χ0v) is 13.6. The smallest absolute Gasteiger partial charge is 0.231 e. The lowest BCUT2D eigenvalue weighted by molar-refractivity contribution is -0.121. The molecule has 1 unspecified atom stereocenters. The van der Waals surface area contributed by atoms with Gasteiger partial charge in [-0.15, -0.1) is 11.8 Å². The number of hydrogen-bond acceptors (Lipinski definition) is 4. The number of fused-ring (bicyclic) bond motifs is 1. The number of nitrogens with zero attached hydrogens (tertiary/aromatic N) is 1. The number of nitrogens with one attached hydrogen (secondary N) is 1. The highest BCUT2D eigenvalue weighted by Crippen LogP contribution is 2.30. The summed E-state index contributed by atoms with van der Waals surface area (Å²) in [4.78, 5) is 16.6. The van der Waals surface area contributed by atoms with Gasteiger partial charge in [-0.1, -0.05) is 11.6 Å². The maximum absolute atomic E-state index is 12.4. The molecule has 0 fully saturated rings. The Labute approximate surface area is 138 Å². The Morgan fingerprint density at radius 1 is 1.41 bits per heavy atom. The van der Waals surface area contributed by atoms with Gasteiger partial charge in [-0.3, -0.25) is 4.79 Å². The van der Waals surface area contributed by atoms with Crippen LogP contribution < -0.4 is 10.1 Å². The van der Waals surface area contributed by atoms with E-state index >= 15 is 0 Å². The molecular formula is C16H15ClN2O2S. The van der Waals surface area contributed by atoms with Gasteiger partial charge in [0, 0.05) is 5.02 Å². The molecule has 0 spiro atoms. The van der Waals surface area contributed by atoms with E-state index in [9.17, 15) is 4.79 Å². The van der Waals surface area contributed by atoms with Crippen LogP contribution >= 0.6 is 23.4 Å². The average Bonchev–Trinajstić information content (AvgIpc) is 2.54. The van der Waals surface area contributed by atoms with E-state index in [1.165, 1.54) is 0 Å². The van der Waals surface area contributed by atoms with Gasteiger partial charge in [0.05, 0.1) is 22.8 Å². The predicted octanol–water partition coefficient (Wildman–Crippen LogP) is 3.65. The maximum Gasteiger partial charge on any atom is 0.231 e. The molecule has 0 bridgehead atoms. The van der Waals surface area contributed by atoms with Crippen molar-refractivity contribution >= 4 is 35.0 Å². The van der Waals surface area contributed by atoms with E-state index in [4.69, 9.17) is 16.3 Å². The first-order valence-electron chi connectivity index (χ1n) is 6.88. The van der Waals surface area contributed by atoms with Gasteiger partial charge in [-0.2, -0.15) is 0 Å². The number of aromatic nitrogens is 1. The lowest BCUT2D eigenvalue weighted by Crippen LogP contribution is -2.32. The van der Waals surface area contributed by atoms with E-state index in [1.807, 2.05) is 30.5 Å². The number of amides is 1. The summed E-state index contributed by atoms with van der Waals surface area (Å²) in [7, 11) is 0. The number of rotatable bonds is 3. The minimum absolute atomic E-state index is 0.0654. The van der Waals surface area contributed by atoms with Gasteiger partial charge in [-0.25, -0.2) is 4.98 Å². The molecule has 0 saturated heterocycles. The molecule has 2 aromatic rings. The van der Waals surface area contributed by atoms with E-state index < -0.39 is 0 Å². The minimum Gasteiger partial charge on any atom is -0.492 e. The van der Waals surface area contributed by atoms with Gasteiger partial charge < -0.3 is 10.1 Å². The molecule has 4 nitrogen and oxygen atoms in total. The third-order valence-corrected chi connectivity index (χ3v) is 4.41. The summed E-state index contributed by atoms with van der Waals surface area (Å²) in [6, 6.07) is 9.22. The lowest BCUT2D eigenvalue weighted by Gasteiger charge is -2.24. The van der Waals surface area contributed by atoms with E-state index in [0.29, 0.717) is 23.7 Å². The third kappa shape index (κ3) is 3.36. The molecule has 0 radical (unpaired) electrons. The molecular weight excluding hydrogens is 320 g/mol. The number of hydrogen-bond donors (Lipinski definition) is 1. The summed E-state index contributed by atoms with van der Waals surface area (Å²) in [5, 5.41) is 4.46. The van der Waals surface area contributed by atoms with Crippen molar-refractivity contribution in [1.82, 2.24) is 4.98 Å². The van der Waals surface area contributed by atoms with Crippen molar-refractivity contribution in [3.05, 3.63) is 47.1 Å². The van der Waals surface area contributed by atoms with Crippen molar-refractivity contribution in [2.24, 2.45) is 5.92 Å². The molecule has 1 atom stereocenters. The fourth-order valence-electron chi connectivity index (χ4n) is 2.35. The van der Waals surface area contributed by atoms with E-state index in [-0.39, 0.29) is 11.8 Å². The van der Waals surface area contributed by atoms with E-state index in [1.54, 1.807) is 24.0 Å². The molecule has 1 amide bonds. The molecule has 1 aliphatic heterocycles. The molecule has 1 aliphatic rings. The highest BCUT2D eigenvalue weighted by molar-refractivity contribution is 7.98. The van der Waals surface area contributed by atoms with Crippen LogP contribution in [0.2, 0.25) is 5.02 Å². The molecule has 0 saturated carbocycles.